The molecule has 0 saturated heterocycles. The molecule has 0 aromatic heterocycles. The van der Waals surface area contributed by atoms with Crippen molar-refractivity contribution in [2.24, 2.45) is 11.8 Å². The van der Waals surface area contributed by atoms with Crippen LogP contribution in [-0.2, 0) is 0 Å². The molecule has 0 amide bonds. The minimum absolute atomic E-state index is 0.104. The number of hydrazine groups is 1. The molecule has 0 spiro atoms. The van der Waals surface area contributed by atoms with Crippen molar-refractivity contribution < 1.29 is 4.39 Å². The van der Waals surface area contributed by atoms with Crippen LogP contribution in [0.25, 0.3) is 0 Å². The molecule has 0 aliphatic heterocycles. The van der Waals surface area contributed by atoms with E-state index < -0.39 is 0 Å². The topological polar surface area (TPSA) is 38.0 Å². The molecule has 0 aliphatic carbocycles. The predicted octanol–water partition coefficient (Wildman–Crippen LogP) is 3.76. The van der Waals surface area contributed by atoms with E-state index in [1.165, 1.54) is 6.07 Å². The number of hydrogen-bond acceptors (Lipinski definition) is 2. The Morgan fingerprint density at radius 3 is 2.47 bits per heavy atom. The molecule has 2 nitrogen and oxygen atoms in total. The Balaban J connectivity index is 2.85. The van der Waals surface area contributed by atoms with E-state index in [-0.39, 0.29) is 11.9 Å². The van der Waals surface area contributed by atoms with Gasteiger partial charge in [0.05, 0.1) is 0 Å². The standard InChI is InChI=1S/C13H20FIN2/c1-3-9(4-2)7-13(17-16)11-6-5-10(14)8-12(11)15/h5-6,8-9,13,17H,3-4,7,16H2,1-2H3. The van der Waals surface area contributed by atoms with Crippen molar-refractivity contribution in [2.75, 3.05) is 0 Å². The quantitative estimate of drug-likeness (QED) is 0.466. The lowest BCUT2D eigenvalue weighted by molar-refractivity contribution is 0.374. The second-order valence-corrected chi connectivity index (χ2v) is 5.47. The van der Waals surface area contributed by atoms with Gasteiger partial charge in [0, 0.05) is 9.61 Å². The molecule has 1 atom stereocenters. The van der Waals surface area contributed by atoms with Crippen LogP contribution in [-0.4, -0.2) is 0 Å². The van der Waals surface area contributed by atoms with Gasteiger partial charge in [0.2, 0.25) is 0 Å². The van der Waals surface area contributed by atoms with Gasteiger partial charge in [-0.25, -0.2) is 4.39 Å². The van der Waals surface area contributed by atoms with E-state index in [0.717, 1.165) is 28.4 Å². The van der Waals surface area contributed by atoms with Crippen LogP contribution >= 0.6 is 22.6 Å². The van der Waals surface area contributed by atoms with Crippen molar-refractivity contribution in [3.05, 3.63) is 33.1 Å². The van der Waals surface area contributed by atoms with Crippen LogP contribution in [0.15, 0.2) is 18.2 Å². The minimum atomic E-state index is -0.198. The Hall–Kier alpha value is -0.200. The summed E-state index contributed by atoms with van der Waals surface area (Å²) in [6, 6.07) is 4.97. The van der Waals surface area contributed by atoms with Gasteiger partial charge in [-0.1, -0.05) is 32.8 Å². The smallest absolute Gasteiger partial charge is 0.124 e. The van der Waals surface area contributed by atoms with Gasteiger partial charge in [0.25, 0.3) is 0 Å². The van der Waals surface area contributed by atoms with Gasteiger partial charge < -0.3 is 0 Å². The second-order valence-electron chi connectivity index (χ2n) is 4.30. The van der Waals surface area contributed by atoms with E-state index >= 15 is 0 Å². The highest BCUT2D eigenvalue weighted by molar-refractivity contribution is 14.1. The van der Waals surface area contributed by atoms with Crippen LogP contribution in [0, 0.1) is 15.3 Å². The third kappa shape index (κ3) is 4.19. The van der Waals surface area contributed by atoms with Gasteiger partial charge in [-0.05, 0) is 52.6 Å². The molecule has 1 rings (SSSR count). The van der Waals surface area contributed by atoms with Crippen molar-refractivity contribution in [3.63, 3.8) is 0 Å². The maximum atomic E-state index is 13.1. The zero-order chi connectivity index (χ0) is 12.8. The number of rotatable bonds is 6. The van der Waals surface area contributed by atoms with E-state index in [0.29, 0.717) is 5.92 Å². The Kier molecular flexibility index (Phi) is 6.37. The first kappa shape index (κ1) is 14.9. The third-order valence-electron chi connectivity index (χ3n) is 3.26. The monoisotopic (exact) mass is 350 g/mol. The SMILES string of the molecule is CCC(CC)CC(NN)c1ccc(F)cc1I. The van der Waals surface area contributed by atoms with E-state index in [1.807, 2.05) is 6.07 Å². The largest absolute Gasteiger partial charge is 0.271 e. The minimum Gasteiger partial charge on any atom is -0.271 e. The van der Waals surface area contributed by atoms with Crippen LogP contribution in [0.2, 0.25) is 0 Å². The van der Waals surface area contributed by atoms with Crippen molar-refractivity contribution in [2.45, 2.75) is 39.2 Å². The highest BCUT2D eigenvalue weighted by atomic mass is 127. The van der Waals surface area contributed by atoms with Crippen LogP contribution < -0.4 is 11.3 Å². The number of nitrogens with one attached hydrogen (secondary N) is 1. The lowest BCUT2D eigenvalue weighted by Gasteiger charge is -2.22. The lowest BCUT2D eigenvalue weighted by atomic mass is 9.91. The van der Waals surface area contributed by atoms with E-state index in [2.05, 4.69) is 41.9 Å². The molecular weight excluding hydrogens is 330 g/mol. The van der Waals surface area contributed by atoms with Crippen molar-refractivity contribution in [1.82, 2.24) is 5.43 Å². The average Bonchev–Trinajstić information content (AvgIpc) is 2.32. The molecule has 0 radical (unpaired) electrons. The van der Waals surface area contributed by atoms with Gasteiger partial charge in [-0.3, -0.25) is 11.3 Å². The van der Waals surface area contributed by atoms with E-state index in [1.54, 1.807) is 6.07 Å². The summed E-state index contributed by atoms with van der Waals surface area (Å²) in [5.41, 5.74) is 3.94. The molecule has 96 valence electrons. The number of halogens is 2. The fraction of sp³-hybridized carbons (Fsp3) is 0.538. The molecule has 0 bridgehead atoms. The van der Waals surface area contributed by atoms with E-state index in [9.17, 15) is 4.39 Å². The van der Waals surface area contributed by atoms with Gasteiger partial charge in [-0.15, -0.1) is 0 Å². The summed E-state index contributed by atoms with van der Waals surface area (Å²) in [5.74, 6) is 6.07. The van der Waals surface area contributed by atoms with Crippen molar-refractivity contribution >= 4 is 22.6 Å². The van der Waals surface area contributed by atoms with Gasteiger partial charge in [0.1, 0.15) is 5.82 Å². The van der Waals surface area contributed by atoms with Crippen LogP contribution in [0.4, 0.5) is 4.39 Å². The first-order valence-electron chi connectivity index (χ1n) is 6.03. The predicted molar refractivity (Wildman–Crippen MR) is 77.9 cm³/mol. The summed E-state index contributed by atoms with van der Waals surface area (Å²) >= 11 is 2.16. The summed E-state index contributed by atoms with van der Waals surface area (Å²) in [5, 5.41) is 0. The highest BCUT2D eigenvalue weighted by Crippen LogP contribution is 2.28. The number of hydrogen-bond donors (Lipinski definition) is 2. The molecule has 1 aromatic carbocycles. The third-order valence-corrected chi connectivity index (χ3v) is 4.20. The first-order valence-corrected chi connectivity index (χ1v) is 7.11. The normalized spacial score (nSPS) is 13.1. The molecule has 0 saturated carbocycles. The van der Waals surface area contributed by atoms with Crippen molar-refractivity contribution in [3.8, 4) is 0 Å². The Morgan fingerprint density at radius 1 is 1.35 bits per heavy atom. The summed E-state index contributed by atoms with van der Waals surface area (Å²) in [6.07, 6.45) is 3.28. The summed E-state index contributed by atoms with van der Waals surface area (Å²) in [7, 11) is 0. The summed E-state index contributed by atoms with van der Waals surface area (Å²) in [6.45, 7) is 4.38. The summed E-state index contributed by atoms with van der Waals surface area (Å²) < 4.78 is 14.0. The summed E-state index contributed by atoms with van der Waals surface area (Å²) in [4.78, 5) is 0. The molecule has 1 unspecified atom stereocenters. The maximum absolute atomic E-state index is 13.1. The van der Waals surface area contributed by atoms with Crippen LogP contribution in [0.3, 0.4) is 0 Å². The van der Waals surface area contributed by atoms with Gasteiger partial charge in [0.15, 0.2) is 0 Å². The molecule has 0 heterocycles. The second kappa shape index (κ2) is 7.28. The van der Waals surface area contributed by atoms with E-state index in [4.69, 9.17) is 5.84 Å². The average molecular weight is 350 g/mol. The molecule has 3 N–H and O–H groups in total. The molecule has 0 fully saturated rings. The van der Waals surface area contributed by atoms with Gasteiger partial charge in [-0.2, -0.15) is 0 Å². The zero-order valence-electron chi connectivity index (χ0n) is 10.3. The zero-order valence-corrected chi connectivity index (χ0v) is 12.5. The first-order chi connectivity index (χ1) is 8.12. The van der Waals surface area contributed by atoms with Crippen LogP contribution in [0.5, 0.6) is 0 Å². The fourth-order valence-corrected chi connectivity index (χ4v) is 2.88. The van der Waals surface area contributed by atoms with Crippen molar-refractivity contribution in [1.29, 1.82) is 0 Å². The highest BCUT2D eigenvalue weighted by Gasteiger charge is 2.17. The molecular formula is C13H20FIN2. The lowest BCUT2D eigenvalue weighted by Crippen LogP contribution is -2.30. The maximum Gasteiger partial charge on any atom is 0.124 e. The Bertz CT molecular complexity index is 353. The Morgan fingerprint density at radius 2 is 2.00 bits per heavy atom. The van der Waals surface area contributed by atoms with Crippen LogP contribution in [0.1, 0.15) is 44.7 Å². The molecule has 4 heteroatoms. The Labute approximate surface area is 116 Å². The number of benzene rings is 1. The van der Waals surface area contributed by atoms with Gasteiger partial charge >= 0.3 is 0 Å². The molecule has 17 heavy (non-hydrogen) atoms. The fourth-order valence-electron chi connectivity index (χ4n) is 2.02. The number of nitrogens with two attached hydrogens (primary N) is 1. The molecule has 1 aromatic rings. The molecule has 0 aliphatic rings.